The van der Waals surface area contributed by atoms with Crippen LogP contribution in [0.25, 0.3) is 11.1 Å². The number of rotatable bonds is 4. The van der Waals surface area contributed by atoms with Gasteiger partial charge >= 0.3 is 0 Å². The van der Waals surface area contributed by atoms with E-state index in [9.17, 15) is 9.59 Å². The number of benzene rings is 2. The van der Waals surface area contributed by atoms with Crippen molar-refractivity contribution in [2.45, 2.75) is 26.7 Å². The molecule has 26 heavy (non-hydrogen) atoms. The van der Waals surface area contributed by atoms with Gasteiger partial charge in [0.2, 0.25) is 11.8 Å². The van der Waals surface area contributed by atoms with Gasteiger partial charge in [-0.1, -0.05) is 62.4 Å². The first kappa shape index (κ1) is 18.2. The topological polar surface area (TPSA) is 49.4 Å². The van der Waals surface area contributed by atoms with E-state index in [1.807, 2.05) is 73.3 Å². The summed E-state index contributed by atoms with van der Waals surface area (Å²) in [6.07, 6.45) is 1.44. The van der Waals surface area contributed by atoms with Crippen molar-refractivity contribution in [3.05, 3.63) is 54.6 Å². The summed E-state index contributed by atoms with van der Waals surface area (Å²) in [5, 5.41) is 3.10. The van der Waals surface area contributed by atoms with Crippen LogP contribution >= 0.6 is 0 Å². The molecule has 2 amide bonds. The van der Waals surface area contributed by atoms with E-state index in [0.717, 1.165) is 29.7 Å². The third kappa shape index (κ3) is 4.13. The van der Waals surface area contributed by atoms with Crippen LogP contribution in [0.4, 0.5) is 5.69 Å². The molecule has 0 atom stereocenters. The zero-order valence-corrected chi connectivity index (χ0v) is 15.4. The van der Waals surface area contributed by atoms with Crippen LogP contribution in [0.5, 0.6) is 0 Å². The minimum atomic E-state index is -0.0463. The Kier molecular flexibility index (Phi) is 5.71. The van der Waals surface area contributed by atoms with Crippen LogP contribution < -0.4 is 5.32 Å². The molecule has 3 rings (SSSR count). The van der Waals surface area contributed by atoms with Crippen LogP contribution in [0.1, 0.15) is 26.7 Å². The van der Waals surface area contributed by atoms with Crippen molar-refractivity contribution in [3.63, 3.8) is 0 Å². The summed E-state index contributed by atoms with van der Waals surface area (Å²) < 4.78 is 0. The third-order valence-electron chi connectivity index (χ3n) is 4.94. The molecule has 1 aliphatic rings. The molecule has 1 saturated heterocycles. The van der Waals surface area contributed by atoms with Crippen LogP contribution in [-0.4, -0.2) is 29.8 Å². The molecule has 0 aromatic heterocycles. The van der Waals surface area contributed by atoms with Gasteiger partial charge < -0.3 is 10.2 Å². The molecular formula is C22H26N2O2. The van der Waals surface area contributed by atoms with Crippen LogP contribution in [0, 0.1) is 11.8 Å². The molecule has 2 aromatic carbocycles. The molecule has 0 spiro atoms. The monoisotopic (exact) mass is 350 g/mol. The Bertz CT molecular complexity index is 763. The maximum Gasteiger partial charge on any atom is 0.227 e. The van der Waals surface area contributed by atoms with E-state index in [0.29, 0.717) is 13.1 Å². The smallest absolute Gasteiger partial charge is 0.227 e. The molecule has 1 fully saturated rings. The molecule has 4 heteroatoms. The van der Waals surface area contributed by atoms with Crippen molar-refractivity contribution in [1.29, 1.82) is 0 Å². The Morgan fingerprint density at radius 1 is 0.962 bits per heavy atom. The number of likely N-dealkylation sites (tertiary alicyclic amines) is 1. The number of para-hydroxylation sites is 1. The minimum Gasteiger partial charge on any atom is -0.342 e. The molecule has 4 nitrogen and oxygen atoms in total. The van der Waals surface area contributed by atoms with Gasteiger partial charge in [-0.15, -0.1) is 0 Å². The van der Waals surface area contributed by atoms with Gasteiger partial charge in [0.05, 0.1) is 0 Å². The zero-order chi connectivity index (χ0) is 18.5. The van der Waals surface area contributed by atoms with Crippen molar-refractivity contribution in [3.8, 4) is 11.1 Å². The lowest BCUT2D eigenvalue weighted by Gasteiger charge is -2.32. The maximum atomic E-state index is 12.7. The van der Waals surface area contributed by atoms with Gasteiger partial charge in [-0.3, -0.25) is 9.59 Å². The zero-order valence-electron chi connectivity index (χ0n) is 15.4. The summed E-state index contributed by atoms with van der Waals surface area (Å²) in [4.78, 5) is 26.7. The Hall–Kier alpha value is -2.62. The van der Waals surface area contributed by atoms with Gasteiger partial charge in [-0.25, -0.2) is 0 Å². The quantitative estimate of drug-likeness (QED) is 0.899. The summed E-state index contributed by atoms with van der Waals surface area (Å²) in [6, 6.07) is 17.9. The van der Waals surface area contributed by atoms with Crippen LogP contribution in [0.15, 0.2) is 54.6 Å². The lowest BCUT2D eigenvalue weighted by molar-refractivity contribution is -0.137. The number of carbonyl (C=O) groups excluding carboxylic acids is 2. The van der Waals surface area contributed by atoms with E-state index in [1.54, 1.807) is 0 Å². The van der Waals surface area contributed by atoms with E-state index < -0.39 is 0 Å². The summed E-state index contributed by atoms with van der Waals surface area (Å²) in [5.74, 6) is 0.191. The van der Waals surface area contributed by atoms with Gasteiger partial charge in [0.25, 0.3) is 0 Å². The fourth-order valence-electron chi connectivity index (χ4n) is 3.42. The van der Waals surface area contributed by atoms with E-state index >= 15 is 0 Å². The molecule has 1 aliphatic heterocycles. The third-order valence-corrected chi connectivity index (χ3v) is 4.94. The molecule has 0 bridgehead atoms. The van der Waals surface area contributed by atoms with Gasteiger partial charge in [0.1, 0.15) is 0 Å². The van der Waals surface area contributed by atoms with Crippen molar-refractivity contribution < 1.29 is 9.59 Å². The first-order chi connectivity index (χ1) is 12.6. The van der Waals surface area contributed by atoms with Crippen molar-refractivity contribution >= 4 is 17.5 Å². The summed E-state index contributed by atoms with van der Waals surface area (Å²) in [5.41, 5.74) is 2.94. The second-order valence-corrected chi connectivity index (χ2v) is 7.16. The van der Waals surface area contributed by atoms with Crippen molar-refractivity contribution in [2.24, 2.45) is 11.8 Å². The largest absolute Gasteiger partial charge is 0.342 e. The molecule has 0 saturated carbocycles. The highest BCUT2D eigenvalue weighted by molar-refractivity contribution is 5.97. The van der Waals surface area contributed by atoms with E-state index in [4.69, 9.17) is 0 Å². The molecular weight excluding hydrogens is 324 g/mol. The number of hydrogen-bond donors (Lipinski definition) is 1. The highest BCUT2D eigenvalue weighted by atomic mass is 16.2. The second-order valence-electron chi connectivity index (χ2n) is 7.16. The standard InChI is InChI=1S/C22H26N2O2/c1-16(2)22(26)24-14-12-18(13-15-24)21(25)23-20-11-7-6-10-19(20)17-8-4-3-5-9-17/h3-11,16,18H,12-15H2,1-2H3,(H,23,25). The predicted octanol–water partition coefficient (Wildman–Crippen LogP) is 4.19. The normalized spacial score (nSPS) is 15.1. The molecule has 1 heterocycles. The molecule has 2 aromatic rings. The number of anilines is 1. The molecule has 0 radical (unpaired) electrons. The van der Waals surface area contributed by atoms with Gasteiger partial charge in [0.15, 0.2) is 0 Å². The van der Waals surface area contributed by atoms with Gasteiger partial charge in [-0.2, -0.15) is 0 Å². The molecule has 0 unspecified atom stereocenters. The van der Waals surface area contributed by atoms with E-state index in [2.05, 4.69) is 5.32 Å². The van der Waals surface area contributed by atoms with Crippen LogP contribution in [0.2, 0.25) is 0 Å². The first-order valence-corrected chi connectivity index (χ1v) is 9.30. The second kappa shape index (κ2) is 8.17. The lowest BCUT2D eigenvalue weighted by Crippen LogP contribution is -2.43. The van der Waals surface area contributed by atoms with Crippen LogP contribution in [-0.2, 0) is 9.59 Å². The van der Waals surface area contributed by atoms with E-state index in [-0.39, 0.29) is 23.7 Å². The Balaban J connectivity index is 1.66. The highest BCUT2D eigenvalue weighted by Crippen LogP contribution is 2.29. The summed E-state index contributed by atoms with van der Waals surface area (Å²) in [7, 11) is 0. The average molecular weight is 350 g/mol. The fourth-order valence-corrected chi connectivity index (χ4v) is 3.42. The molecule has 136 valence electrons. The number of nitrogens with zero attached hydrogens (tertiary/aromatic N) is 1. The number of nitrogens with one attached hydrogen (secondary N) is 1. The summed E-state index contributed by atoms with van der Waals surface area (Å²) >= 11 is 0. The minimum absolute atomic E-state index is 0.0122. The highest BCUT2D eigenvalue weighted by Gasteiger charge is 2.28. The summed E-state index contributed by atoms with van der Waals surface area (Å²) in [6.45, 7) is 5.16. The predicted molar refractivity (Wildman–Crippen MR) is 105 cm³/mol. The van der Waals surface area contributed by atoms with Crippen molar-refractivity contribution in [2.75, 3.05) is 18.4 Å². The first-order valence-electron chi connectivity index (χ1n) is 9.30. The molecule has 1 N–H and O–H groups in total. The van der Waals surface area contributed by atoms with E-state index in [1.165, 1.54) is 0 Å². The lowest BCUT2D eigenvalue weighted by atomic mass is 9.94. The Morgan fingerprint density at radius 3 is 2.23 bits per heavy atom. The number of piperidine rings is 1. The Morgan fingerprint density at radius 2 is 1.58 bits per heavy atom. The number of carbonyl (C=O) groups is 2. The maximum absolute atomic E-state index is 12.7. The van der Waals surface area contributed by atoms with Crippen LogP contribution in [0.3, 0.4) is 0 Å². The average Bonchev–Trinajstić information content (AvgIpc) is 2.68. The number of hydrogen-bond acceptors (Lipinski definition) is 2. The van der Waals surface area contributed by atoms with Gasteiger partial charge in [-0.05, 0) is 24.5 Å². The molecule has 0 aliphatic carbocycles. The fraction of sp³-hybridized carbons (Fsp3) is 0.364. The SMILES string of the molecule is CC(C)C(=O)N1CCC(C(=O)Nc2ccccc2-c2ccccc2)CC1. The van der Waals surface area contributed by atoms with Crippen molar-refractivity contribution in [1.82, 2.24) is 4.90 Å². The number of amides is 2. The van der Waals surface area contributed by atoms with Gasteiger partial charge in [0, 0.05) is 36.2 Å². The Labute approximate surface area is 155 Å².